The maximum atomic E-state index is 5.52. The average Bonchev–Trinajstić information content (AvgIpc) is 2.69. The van der Waals surface area contributed by atoms with Gasteiger partial charge in [-0.25, -0.2) is 0 Å². The lowest BCUT2D eigenvalue weighted by Crippen LogP contribution is -2.24. The van der Waals surface area contributed by atoms with Crippen molar-refractivity contribution in [1.29, 1.82) is 0 Å². The first-order valence-electron chi connectivity index (χ1n) is 5.38. The third-order valence-electron chi connectivity index (χ3n) is 2.57. The molecule has 0 N–H and O–H groups in total. The standard InChI is InChI=1S/C13H15BrO2/c1-13(15-9-10-16-13)8-2-3-11-4-6-12(14)7-5-11/h2-7H,8-10H2,1H3. The summed E-state index contributed by atoms with van der Waals surface area (Å²) in [6, 6.07) is 8.20. The molecule has 3 heteroatoms. The largest absolute Gasteiger partial charge is 0.348 e. The van der Waals surface area contributed by atoms with E-state index in [0.29, 0.717) is 13.2 Å². The van der Waals surface area contributed by atoms with Gasteiger partial charge in [0.2, 0.25) is 0 Å². The van der Waals surface area contributed by atoms with Crippen molar-refractivity contribution in [1.82, 2.24) is 0 Å². The fraction of sp³-hybridized carbons (Fsp3) is 0.385. The van der Waals surface area contributed by atoms with Crippen LogP contribution in [-0.4, -0.2) is 19.0 Å². The summed E-state index contributed by atoms with van der Waals surface area (Å²) >= 11 is 3.41. The molecule has 0 spiro atoms. The van der Waals surface area contributed by atoms with E-state index >= 15 is 0 Å². The Morgan fingerprint density at radius 3 is 2.50 bits per heavy atom. The maximum absolute atomic E-state index is 5.52. The van der Waals surface area contributed by atoms with Crippen LogP contribution in [0.1, 0.15) is 18.9 Å². The van der Waals surface area contributed by atoms with E-state index in [2.05, 4.69) is 40.2 Å². The second kappa shape index (κ2) is 5.13. The van der Waals surface area contributed by atoms with Gasteiger partial charge in [-0.15, -0.1) is 0 Å². The molecule has 1 fully saturated rings. The Hall–Kier alpha value is -0.640. The molecule has 1 heterocycles. The molecule has 0 aliphatic carbocycles. The topological polar surface area (TPSA) is 18.5 Å². The highest BCUT2D eigenvalue weighted by molar-refractivity contribution is 9.10. The second-order valence-electron chi connectivity index (χ2n) is 3.99. The summed E-state index contributed by atoms with van der Waals surface area (Å²) in [6.45, 7) is 3.37. The number of ether oxygens (including phenoxy) is 2. The molecule has 0 unspecified atom stereocenters. The lowest BCUT2D eigenvalue weighted by atomic mass is 10.1. The van der Waals surface area contributed by atoms with Crippen molar-refractivity contribution < 1.29 is 9.47 Å². The zero-order valence-corrected chi connectivity index (χ0v) is 10.9. The van der Waals surface area contributed by atoms with Crippen LogP contribution >= 0.6 is 15.9 Å². The molecule has 1 aromatic rings. The third-order valence-corrected chi connectivity index (χ3v) is 3.10. The number of rotatable bonds is 3. The first-order valence-corrected chi connectivity index (χ1v) is 6.17. The lowest BCUT2D eigenvalue weighted by molar-refractivity contribution is -0.138. The van der Waals surface area contributed by atoms with Crippen LogP contribution in [0.2, 0.25) is 0 Å². The highest BCUT2D eigenvalue weighted by atomic mass is 79.9. The molecule has 16 heavy (non-hydrogen) atoms. The molecule has 0 saturated carbocycles. The maximum Gasteiger partial charge on any atom is 0.169 e. The van der Waals surface area contributed by atoms with Crippen LogP contribution in [0.15, 0.2) is 34.8 Å². The first-order chi connectivity index (χ1) is 7.68. The SMILES string of the molecule is CC1(CC=Cc2ccc(Br)cc2)OCCO1. The van der Waals surface area contributed by atoms with Gasteiger partial charge in [-0.05, 0) is 24.6 Å². The molecule has 0 radical (unpaired) electrons. The minimum atomic E-state index is -0.425. The molecule has 86 valence electrons. The molecular weight excluding hydrogens is 268 g/mol. The molecule has 0 amide bonds. The lowest BCUT2D eigenvalue weighted by Gasteiger charge is -2.19. The van der Waals surface area contributed by atoms with Gasteiger partial charge in [-0.1, -0.05) is 40.2 Å². The summed E-state index contributed by atoms with van der Waals surface area (Å²) in [5.74, 6) is -0.425. The monoisotopic (exact) mass is 282 g/mol. The van der Waals surface area contributed by atoms with Crippen molar-refractivity contribution in [2.75, 3.05) is 13.2 Å². The highest BCUT2D eigenvalue weighted by Crippen LogP contribution is 2.23. The van der Waals surface area contributed by atoms with Gasteiger partial charge >= 0.3 is 0 Å². The average molecular weight is 283 g/mol. The Morgan fingerprint density at radius 2 is 1.88 bits per heavy atom. The molecule has 2 rings (SSSR count). The van der Waals surface area contributed by atoms with E-state index in [1.54, 1.807) is 0 Å². The van der Waals surface area contributed by atoms with E-state index in [1.807, 2.05) is 19.1 Å². The summed E-state index contributed by atoms with van der Waals surface area (Å²) in [5, 5.41) is 0. The number of hydrogen-bond donors (Lipinski definition) is 0. The van der Waals surface area contributed by atoms with E-state index in [-0.39, 0.29) is 0 Å². The zero-order chi connectivity index (χ0) is 11.4. The smallest absolute Gasteiger partial charge is 0.169 e. The van der Waals surface area contributed by atoms with E-state index in [0.717, 1.165) is 10.9 Å². The number of hydrogen-bond acceptors (Lipinski definition) is 2. The van der Waals surface area contributed by atoms with Crippen LogP contribution in [0.4, 0.5) is 0 Å². The van der Waals surface area contributed by atoms with Crippen LogP contribution in [0.25, 0.3) is 6.08 Å². The Morgan fingerprint density at radius 1 is 1.25 bits per heavy atom. The van der Waals surface area contributed by atoms with Gasteiger partial charge in [-0.3, -0.25) is 0 Å². The Labute approximate surface area is 104 Å². The Bertz CT molecular complexity index is 364. The van der Waals surface area contributed by atoms with E-state index in [4.69, 9.17) is 9.47 Å². The van der Waals surface area contributed by atoms with Crippen molar-refractivity contribution in [2.24, 2.45) is 0 Å². The molecular formula is C13H15BrO2. The quantitative estimate of drug-likeness (QED) is 0.843. The minimum Gasteiger partial charge on any atom is -0.348 e. The van der Waals surface area contributed by atoms with Crippen LogP contribution in [0.5, 0.6) is 0 Å². The van der Waals surface area contributed by atoms with Crippen molar-refractivity contribution in [3.63, 3.8) is 0 Å². The van der Waals surface area contributed by atoms with Crippen LogP contribution in [0.3, 0.4) is 0 Å². The molecule has 0 atom stereocenters. The van der Waals surface area contributed by atoms with Gasteiger partial charge in [0.25, 0.3) is 0 Å². The van der Waals surface area contributed by atoms with Gasteiger partial charge in [0.15, 0.2) is 5.79 Å². The van der Waals surface area contributed by atoms with Crippen molar-refractivity contribution >= 4 is 22.0 Å². The van der Waals surface area contributed by atoms with E-state index < -0.39 is 5.79 Å². The molecule has 0 aromatic heterocycles. The Kier molecular flexibility index (Phi) is 3.79. The molecule has 1 aliphatic rings. The van der Waals surface area contributed by atoms with Crippen LogP contribution < -0.4 is 0 Å². The Balaban J connectivity index is 1.92. The predicted octanol–water partition coefficient (Wildman–Crippen LogP) is 3.62. The van der Waals surface area contributed by atoms with Gasteiger partial charge in [0.05, 0.1) is 13.2 Å². The zero-order valence-electron chi connectivity index (χ0n) is 9.28. The van der Waals surface area contributed by atoms with Crippen molar-refractivity contribution in [2.45, 2.75) is 19.1 Å². The molecule has 0 bridgehead atoms. The fourth-order valence-corrected chi connectivity index (χ4v) is 1.92. The van der Waals surface area contributed by atoms with Gasteiger partial charge in [-0.2, -0.15) is 0 Å². The summed E-state index contributed by atoms with van der Waals surface area (Å²) in [4.78, 5) is 0. The summed E-state index contributed by atoms with van der Waals surface area (Å²) < 4.78 is 12.1. The van der Waals surface area contributed by atoms with Gasteiger partial charge in [0, 0.05) is 10.9 Å². The third kappa shape index (κ3) is 3.17. The summed E-state index contributed by atoms with van der Waals surface area (Å²) in [7, 11) is 0. The number of benzene rings is 1. The van der Waals surface area contributed by atoms with Gasteiger partial charge < -0.3 is 9.47 Å². The van der Waals surface area contributed by atoms with Crippen LogP contribution in [0, 0.1) is 0 Å². The molecule has 1 aromatic carbocycles. The normalized spacial score (nSPS) is 19.4. The molecule has 2 nitrogen and oxygen atoms in total. The van der Waals surface area contributed by atoms with Crippen LogP contribution in [-0.2, 0) is 9.47 Å². The number of halogens is 1. The fourth-order valence-electron chi connectivity index (χ4n) is 1.66. The molecule has 1 saturated heterocycles. The predicted molar refractivity (Wildman–Crippen MR) is 68.1 cm³/mol. The van der Waals surface area contributed by atoms with Gasteiger partial charge in [0.1, 0.15) is 0 Å². The summed E-state index contributed by atoms with van der Waals surface area (Å²) in [6.07, 6.45) is 4.96. The highest BCUT2D eigenvalue weighted by Gasteiger charge is 2.28. The summed E-state index contributed by atoms with van der Waals surface area (Å²) in [5.41, 5.74) is 1.18. The van der Waals surface area contributed by atoms with Crippen molar-refractivity contribution in [3.05, 3.63) is 40.4 Å². The van der Waals surface area contributed by atoms with E-state index in [1.165, 1.54) is 5.56 Å². The van der Waals surface area contributed by atoms with E-state index in [9.17, 15) is 0 Å². The first kappa shape index (κ1) is 11.8. The minimum absolute atomic E-state index is 0.425. The van der Waals surface area contributed by atoms with Crippen molar-refractivity contribution in [3.8, 4) is 0 Å². The second-order valence-corrected chi connectivity index (χ2v) is 4.90. The molecule has 1 aliphatic heterocycles.